The van der Waals surface area contributed by atoms with E-state index in [0.29, 0.717) is 25.4 Å². The number of nitrogens with zero attached hydrogens (tertiary/aromatic N) is 5. The average molecular weight is 553 g/mol. The lowest BCUT2D eigenvalue weighted by molar-refractivity contribution is 0.101. The number of hydrogen-bond donors (Lipinski definition) is 1. The lowest BCUT2D eigenvalue weighted by Crippen LogP contribution is -2.21. The monoisotopic (exact) mass is 552 g/mol. The summed E-state index contributed by atoms with van der Waals surface area (Å²) in [7, 11) is 0. The molecule has 0 radical (unpaired) electrons. The lowest BCUT2D eigenvalue weighted by atomic mass is 9.94. The van der Waals surface area contributed by atoms with E-state index in [2.05, 4.69) is 45.9 Å². The van der Waals surface area contributed by atoms with Crippen LogP contribution in [0.5, 0.6) is 11.5 Å². The molecule has 1 atom stereocenters. The fourth-order valence-electron chi connectivity index (χ4n) is 4.53. The van der Waals surface area contributed by atoms with Gasteiger partial charge in [0.15, 0.2) is 5.69 Å². The second kappa shape index (κ2) is 12.9. The number of amides is 1. The largest absolute Gasteiger partial charge is 0.488 e. The maximum atomic E-state index is 12.7. The minimum absolute atomic E-state index is 0.126. The Balaban J connectivity index is 1.52. The van der Waals surface area contributed by atoms with Crippen LogP contribution >= 0.6 is 0 Å². The van der Waals surface area contributed by atoms with E-state index in [-0.39, 0.29) is 23.6 Å². The predicted molar refractivity (Wildman–Crippen MR) is 153 cm³/mol. The summed E-state index contributed by atoms with van der Waals surface area (Å²) in [6.45, 7) is 7.09. The van der Waals surface area contributed by atoms with Gasteiger partial charge in [-0.05, 0) is 45.5 Å². The molecular weight excluding hydrogens is 520 g/mol. The molecule has 10 nitrogen and oxygen atoms in total. The minimum atomic E-state index is -0.474. The molecule has 0 aliphatic heterocycles. The molecule has 0 aliphatic rings. The smallest absolute Gasteiger partial charge is 0.280 e. The molecule has 210 valence electrons. The van der Waals surface area contributed by atoms with E-state index in [4.69, 9.17) is 14.0 Å². The summed E-state index contributed by atoms with van der Waals surface area (Å²) in [5.41, 5.74) is 4.15. The van der Waals surface area contributed by atoms with Gasteiger partial charge in [-0.2, -0.15) is 0 Å². The number of anilines is 1. The zero-order valence-electron chi connectivity index (χ0n) is 23.2. The molecule has 2 aromatic heterocycles. The molecule has 0 saturated heterocycles. The van der Waals surface area contributed by atoms with E-state index < -0.39 is 5.91 Å². The van der Waals surface area contributed by atoms with Crippen molar-refractivity contribution < 1.29 is 18.8 Å². The number of tetrazole rings is 1. The van der Waals surface area contributed by atoms with Crippen LogP contribution < -0.4 is 14.8 Å². The van der Waals surface area contributed by atoms with Crippen molar-refractivity contribution in [3.63, 3.8) is 0 Å². The van der Waals surface area contributed by atoms with Crippen LogP contribution in [0.4, 0.5) is 5.95 Å². The second-order valence-corrected chi connectivity index (χ2v) is 9.84. The summed E-state index contributed by atoms with van der Waals surface area (Å²) in [6, 6.07) is 25.2. The van der Waals surface area contributed by atoms with Crippen LogP contribution in [0.15, 0.2) is 89.6 Å². The van der Waals surface area contributed by atoms with E-state index in [0.717, 1.165) is 28.0 Å². The van der Waals surface area contributed by atoms with Crippen LogP contribution in [-0.2, 0) is 13.2 Å². The number of benzene rings is 3. The van der Waals surface area contributed by atoms with Gasteiger partial charge >= 0.3 is 0 Å². The van der Waals surface area contributed by atoms with E-state index in [1.54, 1.807) is 4.68 Å². The first-order chi connectivity index (χ1) is 20.0. The quantitative estimate of drug-likeness (QED) is 0.195. The van der Waals surface area contributed by atoms with Crippen molar-refractivity contribution in [3.05, 3.63) is 113 Å². The second-order valence-electron chi connectivity index (χ2n) is 9.84. The van der Waals surface area contributed by atoms with Gasteiger partial charge < -0.3 is 14.0 Å². The van der Waals surface area contributed by atoms with Gasteiger partial charge in [0.05, 0.1) is 6.04 Å². The Labute approximate surface area is 238 Å². The Morgan fingerprint density at radius 2 is 1.54 bits per heavy atom. The molecule has 0 bridgehead atoms. The van der Waals surface area contributed by atoms with Crippen LogP contribution in [-0.4, -0.2) is 31.3 Å². The molecule has 1 unspecified atom stereocenters. The van der Waals surface area contributed by atoms with Crippen molar-refractivity contribution >= 4 is 11.9 Å². The highest BCUT2D eigenvalue weighted by Gasteiger charge is 2.26. The summed E-state index contributed by atoms with van der Waals surface area (Å²) < 4.78 is 19.2. The van der Waals surface area contributed by atoms with E-state index in [1.165, 1.54) is 12.3 Å². The molecule has 5 rings (SSSR count). The molecule has 5 aromatic rings. The summed E-state index contributed by atoms with van der Waals surface area (Å²) >= 11 is 0. The van der Waals surface area contributed by atoms with Gasteiger partial charge in [-0.1, -0.05) is 91.7 Å². The zero-order chi connectivity index (χ0) is 28.6. The summed E-state index contributed by atoms with van der Waals surface area (Å²) in [4.78, 5) is 12.7. The Morgan fingerprint density at radius 1 is 0.902 bits per heavy atom. The molecule has 0 spiro atoms. The highest BCUT2D eigenvalue weighted by Crippen LogP contribution is 2.40. The number of aromatic nitrogens is 5. The van der Waals surface area contributed by atoms with E-state index in [9.17, 15) is 4.79 Å². The van der Waals surface area contributed by atoms with Crippen molar-refractivity contribution in [2.45, 2.75) is 52.4 Å². The van der Waals surface area contributed by atoms with Crippen LogP contribution in [0, 0.1) is 0 Å². The van der Waals surface area contributed by atoms with Gasteiger partial charge in [0.25, 0.3) is 5.91 Å². The Kier molecular flexibility index (Phi) is 8.68. The van der Waals surface area contributed by atoms with Crippen molar-refractivity contribution in [1.29, 1.82) is 0 Å². The zero-order valence-corrected chi connectivity index (χ0v) is 23.2. The van der Waals surface area contributed by atoms with Crippen molar-refractivity contribution in [2.24, 2.45) is 0 Å². The Hall–Kier alpha value is -4.99. The first-order valence-corrected chi connectivity index (χ1v) is 13.5. The van der Waals surface area contributed by atoms with E-state index in [1.807, 2.05) is 73.7 Å². The lowest BCUT2D eigenvalue weighted by Gasteiger charge is -2.24. The fourth-order valence-corrected chi connectivity index (χ4v) is 4.53. The standard InChI is InChI=1S/C31H32N6O4/c1-4-27(37-31(33-35-36-37)32-30(38)26-15-16-41-34-26)25-17-24(21(2)3)28(39-19-22-11-7-5-8-12-22)18-29(25)40-20-23-13-9-6-10-14-23/h5-18,21,27H,4,19-20H2,1-3H3,(H,32,33,36,38). The van der Waals surface area contributed by atoms with Gasteiger partial charge in [0.2, 0.25) is 5.95 Å². The van der Waals surface area contributed by atoms with Gasteiger partial charge in [-0.15, -0.1) is 0 Å². The highest BCUT2D eigenvalue weighted by atomic mass is 16.5. The molecule has 0 fully saturated rings. The normalized spacial score (nSPS) is 11.8. The third-order valence-electron chi connectivity index (χ3n) is 6.67. The third-order valence-corrected chi connectivity index (χ3v) is 6.67. The predicted octanol–water partition coefficient (Wildman–Crippen LogP) is 6.19. The highest BCUT2D eigenvalue weighted by molar-refractivity contribution is 6.01. The number of ether oxygens (including phenoxy) is 2. The molecular formula is C31H32N6O4. The summed E-state index contributed by atoms with van der Waals surface area (Å²) in [5, 5.41) is 18.6. The van der Waals surface area contributed by atoms with Crippen LogP contribution in [0.1, 0.15) is 71.9 Å². The topological polar surface area (TPSA) is 117 Å². The fraction of sp³-hybridized carbons (Fsp3) is 0.258. The van der Waals surface area contributed by atoms with Gasteiger partial charge in [0, 0.05) is 17.7 Å². The van der Waals surface area contributed by atoms with Crippen LogP contribution in [0.2, 0.25) is 0 Å². The van der Waals surface area contributed by atoms with Gasteiger partial charge in [-0.3, -0.25) is 10.1 Å². The summed E-state index contributed by atoms with van der Waals surface area (Å²) in [5.74, 6) is 1.28. The SMILES string of the molecule is CCC(c1cc(C(C)C)c(OCc2ccccc2)cc1OCc1ccccc1)n1nnnc1NC(=O)c1ccon1. The average Bonchev–Trinajstić information content (AvgIpc) is 3.70. The number of nitrogens with one attached hydrogen (secondary N) is 1. The molecule has 10 heteroatoms. The number of carbonyl (C=O) groups excluding carboxylic acids is 1. The molecule has 1 amide bonds. The minimum Gasteiger partial charge on any atom is -0.488 e. The number of rotatable bonds is 12. The van der Waals surface area contributed by atoms with Crippen molar-refractivity contribution in [2.75, 3.05) is 5.32 Å². The Bertz CT molecular complexity index is 1550. The Morgan fingerprint density at radius 3 is 2.10 bits per heavy atom. The third kappa shape index (κ3) is 6.60. The van der Waals surface area contributed by atoms with Crippen LogP contribution in [0.3, 0.4) is 0 Å². The first-order valence-electron chi connectivity index (χ1n) is 13.5. The van der Waals surface area contributed by atoms with Gasteiger partial charge in [-0.25, -0.2) is 4.68 Å². The number of carbonyl (C=O) groups is 1. The molecule has 0 aliphatic carbocycles. The summed E-state index contributed by atoms with van der Waals surface area (Å²) in [6.07, 6.45) is 1.96. The van der Waals surface area contributed by atoms with E-state index >= 15 is 0 Å². The van der Waals surface area contributed by atoms with Gasteiger partial charge in [0.1, 0.15) is 31.0 Å². The van der Waals surface area contributed by atoms with Crippen LogP contribution in [0.25, 0.3) is 0 Å². The molecule has 41 heavy (non-hydrogen) atoms. The molecule has 1 N–H and O–H groups in total. The number of hydrogen-bond acceptors (Lipinski definition) is 8. The first kappa shape index (κ1) is 27.6. The maximum Gasteiger partial charge on any atom is 0.280 e. The van der Waals surface area contributed by atoms with Crippen molar-refractivity contribution in [1.82, 2.24) is 25.4 Å². The van der Waals surface area contributed by atoms with Crippen molar-refractivity contribution in [3.8, 4) is 11.5 Å². The molecule has 0 saturated carbocycles. The molecule has 2 heterocycles. The molecule has 3 aromatic carbocycles. The maximum absolute atomic E-state index is 12.7.